The highest BCUT2D eigenvalue weighted by Crippen LogP contribution is 2.31. The predicted molar refractivity (Wildman–Crippen MR) is 114 cm³/mol. The van der Waals surface area contributed by atoms with Gasteiger partial charge in [0.2, 0.25) is 17.6 Å². The van der Waals surface area contributed by atoms with Crippen molar-refractivity contribution in [3.05, 3.63) is 53.9 Å². The van der Waals surface area contributed by atoms with Crippen LogP contribution in [0.2, 0.25) is 0 Å². The molecule has 8 nitrogen and oxygen atoms in total. The predicted octanol–water partition coefficient (Wildman–Crippen LogP) is 3.07. The second-order valence-corrected chi connectivity index (χ2v) is 6.92. The lowest BCUT2D eigenvalue weighted by Gasteiger charge is -2.12. The number of anilines is 1. The Balaban J connectivity index is 1.52. The van der Waals surface area contributed by atoms with E-state index in [1.807, 2.05) is 49.3 Å². The SMILES string of the molecule is COc1ccc(-c2noc(CCC(=O)NCc3ccc(N(C)C)cc3)n2)cc1OC. The quantitative estimate of drug-likeness (QED) is 0.580. The Morgan fingerprint density at radius 1 is 1.07 bits per heavy atom. The van der Waals surface area contributed by atoms with Crippen molar-refractivity contribution in [1.29, 1.82) is 0 Å². The molecule has 1 heterocycles. The van der Waals surface area contributed by atoms with E-state index in [1.165, 1.54) is 0 Å². The van der Waals surface area contributed by atoms with Gasteiger partial charge in [-0.05, 0) is 35.9 Å². The fraction of sp³-hybridized carbons (Fsp3) is 0.318. The molecule has 0 aliphatic rings. The molecule has 0 aliphatic heterocycles. The molecule has 1 N–H and O–H groups in total. The van der Waals surface area contributed by atoms with E-state index in [2.05, 4.69) is 15.5 Å². The Bertz CT molecular complexity index is 983. The molecule has 3 aromatic rings. The topological polar surface area (TPSA) is 89.7 Å². The van der Waals surface area contributed by atoms with Crippen LogP contribution < -0.4 is 19.7 Å². The van der Waals surface area contributed by atoms with Crippen LogP contribution in [0.3, 0.4) is 0 Å². The average molecular weight is 410 g/mol. The molecular formula is C22H26N4O4. The van der Waals surface area contributed by atoms with Crippen molar-refractivity contribution in [3.8, 4) is 22.9 Å². The van der Waals surface area contributed by atoms with Gasteiger partial charge in [0.25, 0.3) is 0 Å². The summed E-state index contributed by atoms with van der Waals surface area (Å²) in [5.41, 5.74) is 2.91. The van der Waals surface area contributed by atoms with Gasteiger partial charge < -0.3 is 24.2 Å². The summed E-state index contributed by atoms with van der Waals surface area (Å²) in [6.07, 6.45) is 0.634. The zero-order valence-corrected chi connectivity index (χ0v) is 17.6. The van der Waals surface area contributed by atoms with Gasteiger partial charge in [-0.25, -0.2) is 0 Å². The number of carbonyl (C=O) groups excluding carboxylic acids is 1. The number of ether oxygens (including phenoxy) is 2. The van der Waals surface area contributed by atoms with Crippen LogP contribution in [0.25, 0.3) is 11.4 Å². The molecule has 0 unspecified atom stereocenters. The van der Waals surface area contributed by atoms with Crippen LogP contribution in [0.5, 0.6) is 11.5 Å². The molecule has 0 fully saturated rings. The number of aromatic nitrogens is 2. The van der Waals surface area contributed by atoms with Crippen LogP contribution in [-0.4, -0.2) is 44.4 Å². The Kier molecular flexibility index (Phi) is 6.90. The highest BCUT2D eigenvalue weighted by atomic mass is 16.5. The third-order valence-corrected chi connectivity index (χ3v) is 4.62. The van der Waals surface area contributed by atoms with Gasteiger partial charge in [0.15, 0.2) is 11.5 Å². The number of benzene rings is 2. The van der Waals surface area contributed by atoms with Crippen molar-refractivity contribution in [2.75, 3.05) is 33.2 Å². The molecule has 8 heteroatoms. The van der Waals surface area contributed by atoms with Crippen LogP contribution in [0.1, 0.15) is 17.9 Å². The molecule has 0 atom stereocenters. The smallest absolute Gasteiger partial charge is 0.227 e. The fourth-order valence-corrected chi connectivity index (χ4v) is 2.87. The number of hydrogen-bond acceptors (Lipinski definition) is 7. The van der Waals surface area contributed by atoms with Crippen molar-refractivity contribution < 1.29 is 18.8 Å². The van der Waals surface area contributed by atoms with Gasteiger partial charge in [0.05, 0.1) is 14.2 Å². The molecule has 0 bridgehead atoms. The molecule has 0 spiro atoms. The summed E-state index contributed by atoms with van der Waals surface area (Å²) in [7, 11) is 7.13. The summed E-state index contributed by atoms with van der Waals surface area (Å²) in [6.45, 7) is 0.479. The first kappa shape index (κ1) is 21.2. The van der Waals surface area contributed by atoms with Crippen molar-refractivity contribution in [1.82, 2.24) is 15.5 Å². The molecular weight excluding hydrogens is 384 g/mol. The highest BCUT2D eigenvalue weighted by Gasteiger charge is 2.13. The van der Waals surface area contributed by atoms with E-state index < -0.39 is 0 Å². The first-order valence-corrected chi connectivity index (χ1v) is 9.58. The van der Waals surface area contributed by atoms with Crippen LogP contribution >= 0.6 is 0 Å². The van der Waals surface area contributed by atoms with E-state index >= 15 is 0 Å². The number of nitrogens with one attached hydrogen (secondary N) is 1. The van der Waals surface area contributed by atoms with Gasteiger partial charge >= 0.3 is 0 Å². The van der Waals surface area contributed by atoms with Crippen molar-refractivity contribution in [2.24, 2.45) is 0 Å². The summed E-state index contributed by atoms with van der Waals surface area (Å²) in [6, 6.07) is 13.4. The minimum Gasteiger partial charge on any atom is -0.493 e. The Morgan fingerprint density at radius 2 is 1.80 bits per heavy atom. The molecule has 158 valence electrons. The molecule has 1 aromatic heterocycles. The summed E-state index contributed by atoms with van der Waals surface area (Å²) < 4.78 is 15.8. The summed E-state index contributed by atoms with van der Waals surface area (Å²) in [5.74, 6) is 1.98. The third kappa shape index (κ3) is 5.28. The first-order valence-electron chi connectivity index (χ1n) is 9.58. The standard InChI is InChI=1S/C22H26N4O4/c1-26(2)17-8-5-15(6-9-17)14-23-20(27)11-12-21-24-22(25-30-21)16-7-10-18(28-3)19(13-16)29-4/h5-10,13H,11-12,14H2,1-4H3,(H,23,27). The Morgan fingerprint density at radius 3 is 2.47 bits per heavy atom. The van der Waals surface area contributed by atoms with Gasteiger partial charge in [-0.3, -0.25) is 4.79 Å². The van der Waals surface area contributed by atoms with E-state index in [1.54, 1.807) is 26.4 Å². The van der Waals surface area contributed by atoms with Gasteiger partial charge in [-0.1, -0.05) is 17.3 Å². The largest absolute Gasteiger partial charge is 0.493 e. The van der Waals surface area contributed by atoms with Crippen molar-refractivity contribution >= 4 is 11.6 Å². The van der Waals surface area contributed by atoms with E-state index in [0.717, 1.165) is 16.8 Å². The maximum absolute atomic E-state index is 12.2. The number of methoxy groups -OCH3 is 2. The average Bonchev–Trinajstić information content (AvgIpc) is 3.25. The second kappa shape index (κ2) is 9.78. The van der Waals surface area contributed by atoms with Gasteiger partial charge in [0, 0.05) is 44.7 Å². The number of amides is 1. The third-order valence-electron chi connectivity index (χ3n) is 4.62. The Labute approximate surface area is 175 Å². The van der Waals surface area contributed by atoms with E-state index in [0.29, 0.717) is 36.2 Å². The number of aryl methyl sites for hydroxylation is 1. The van der Waals surface area contributed by atoms with Crippen LogP contribution in [0.4, 0.5) is 5.69 Å². The Hall–Kier alpha value is -3.55. The van der Waals surface area contributed by atoms with E-state index in [4.69, 9.17) is 14.0 Å². The maximum Gasteiger partial charge on any atom is 0.227 e. The normalized spacial score (nSPS) is 10.5. The molecule has 0 saturated carbocycles. The zero-order chi connectivity index (χ0) is 21.5. The summed E-state index contributed by atoms with van der Waals surface area (Å²) in [5, 5.41) is 6.90. The molecule has 30 heavy (non-hydrogen) atoms. The summed E-state index contributed by atoms with van der Waals surface area (Å²) in [4.78, 5) is 18.6. The number of nitrogens with zero attached hydrogens (tertiary/aromatic N) is 3. The molecule has 1 amide bonds. The van der Waals surface area contributed by atoms with Crippen LogP contribution in [0.15, 0.2) is 47.0 Å². The first-order chi connectivity index (χ1) is 14.5. The number of hydrogen-bond donors (Lipinski definition) is 1. The van der Waals surface area contributed by atoms with Gasteiger partial charge in [-0.15, -0.1) is 0 Å². The van der Waals surface area contributed by atoms with E-state index in [-0.39, 0.29) is 12.3 Å². The molecule has 3 rings (SSSR count). The molecule has 0 radical (unpaired) electrons. The van der Waals surface area contributed by atoms with Crippen LogP contribution in [-0.2, 0) is 17.8 Å². The molecule has 0 saturated heterocycles. The van der Waals surface area contributed by atoms with Gasteiger partial charge in [0.1, 0.15) is 0 Å². The molecule has 2 aromatic carbocycles. The van der Waals surface area contributed by atoms with Gasteiger partial charge in [-0.2, -0.15) is 4.98 Å². The highest BCUT2D eigenvalue weighted by molar-refractivity contribution is 5.76. The lowest BCUT2D eigenvalue weighted by Crippen LogP contribution is -2.23. The van der Waals surface area contributed by atoms with E-state index in [9.17, 15) is 4.79 Å². The summed E-state index contributed by atoms with van der Waals surface area (Å²) >= 11 is 0. The lowest BCUT2D eigenvalue weighted by atomic mass is 10.2. The molecule has 0 aliphatic carbocycles. The minimum absolute atomic E-state index is 0.0717. The zero-order valence-electron chi connectivity index (χ0n) is 17.6. The number of carbonyl (C=O) groups is 1. The monoisotopic (exact) mass is 410 g/mol. The maximum atomic E-state index is 12.2. The minimum atomic E-state index is -0.0717. The lowest BCUT2D eigenvalue weighted by molar-refractivity contribution is -0.121. The van der Waals surface area contributed by atoms with Crippen molar-refractivity contribution in [3.63, 3.8) is 0 Å². The fourth-order valence-electron chi connectivity index (χ4n) is 2.87. The number of rotatable bonds is 9. The second-order valence-electron chi connectivity index (χ2n) is 6.92. The van der Waals surface area contributed by atoms with Crippen LogP contribution in [0, 0.1) is 0 Å². The van der Waals surface area contributed by atoms with Crippen molar-refractivity contribution in [2.45, 2.75) is 19.4 Å².